The highest BCUT2D eigenvalue weighted by Gasteiger charge is 2.35. The lowest BCUT2D eigenvalue weighted by Gasteiger charge is -2.30. The van der Waals surface area contributed by atoms with Crippen LogP contribution in [0.3, 0.4) is 0 Å². The molecule has 2 rings (SSSR count). The predicted octanol–water partition coefficient (Wildman–Crippen LogP) is 3.39. The Kier molecular flexibility index (Phi) is 3.74. The highest BCUT2D eigenvalue weighted by Crippen LogP contribution is 2.32. The summed E-state index contributed by atoms with van der Waals surface area (Å²) in [6.07, 6.45) is -3.30. The second kappa shape index (κ2) is 5.19. The summed E-state index contributed by atoms with van der Waals surface area (Å²) in [5, 5.41) is 9.15. The molecule has 0 saturated carbocycles. The Hall–Kier alpha value is -1.98. The monoisotopic (exact) mass is 285 g/mol. The van der Waals surface area contributed by atoms with Crippen molar-refractivity contribution < 1.29 is 23.1 Å². The third-order valence-corrected chi connectivity index (χ3v) is 3.30. The largest absolute Gasteiger partial charge is 0.478 e. The highest BCUT2D eigenvalue weighted by atomic mass is 19.4. The first-order valence-corrected chi connectivity index (χ1v) is 6.14. The number of carboxylic acid groups (broad SMARTS) is 1. The quantitative estimate of drug-likeness (QED) is 0.847. The molecule has 0 atom stereocenters. The molecule has 1 N–H and O–H groups in total. The number of anilines is 1. The molecule has 0 bridgehead atoms. The van der Waals surface area contributed by atoms with Crippen LogP contribution in [0.5, 0.6) is 0 Å². The second-order valence-corrected chi connectivity index (χ2v) is 4.75. The molecule has 0 radical (unpaired) electrons. The van der Waals surface area contributed by atoms with Crippen molar-refractivity contribution in [2.75, 3.05) is 18.0 Å². The molecule has 3 nitrogen and oxygen atoms in total. The van der Waals surface area contributed by atoms with Gasteiger partial charge in [0.15, 0.2) is 0 Å². The van der Waals surface area contributed by atoms with Crippen molar-refractivity contribution in [1.29, 1.82) is 0 Å². The SMILES string of the molecule is Cc1ccc(C(=O)O)c(N2CC=C(C(F)(F)F)CC2)c1. The van der Waals surface area contributed by atoms with E-state index < -0.39 is 17.7 Å². The molecule has 20 heavy (non-hydrogen) atoms. The van der Waals surface area contributed by atoms with Crippen LogP contribution >= 0.6 is 0 Å². The van der Waals surface area contributed by atoms with Crippen LogP contribution in [0.1, 0.15) is 22.3 Å². The summed E-state index contributed by atoms with van der Waals surface area (Å²) in [4.78, 5) is 12.8. The van der Waals surface area contributed by atoms with E-state index in [9.17, 15) is 18.0 Å². The lowest BCUT2D eigenvalue weighted by molar-refractivity contribution is -0.0944. The van der Waals surface area contributed by atoms with Gasteiger partial charge in [0.2, 0.25) is 0 Å². The van der Waals surface area contributed by atoms with Crippen LogP contribution in [0.25, 0.3) is 0 Å². The highest BCUT2D eigenvalue weighted by molar-refractivity contribution is 5.94. The topological polar surface area (TPSA) is 40.5 Å². The molecule has 0 fully saturated rings. The van der Waals surface area contributed by atoms with Gasteiger partial charge in [-0.05, 0) is 31.0 Å². The van der Waals surface area contributed by atoms with Gasteiger partial charge in [-0.15, -0.1) is 0 Å². The van der Waals surface area contributed by atoms with Gasteiger partial charge in [0.05, 0.1) is 11.3 Å². The summed E-state index contributed by atoms with van der Waals surface area (Å²) < 4.78 is 37.7. The minimum atomic E-state index is -4.30. The molecule has 1 aromatic rings. The van der Waals surface area contributed by atoms with Crippen LogP contribution in [-0.4, -0.2) is 30.3 Å². The molecule has 1 aliphatic rings. The molecular weight excluding hydrogens is 271 g/mol. The summed E-state index contributed by atoms with van der Waals surface area (Å²) >= 11 is 0. The third-order valence-electron chi connectivity index (χ3n) is 3.30. The molecule has 0 aliphatic carbocycles. The summed E-state index contributed by atoms with van der Waals surface area (Å²) in [5.41, 5.74) is 0.906. The number of hydrogen-bond acceptors (Lipinski definition) is 2. The minimum absolute atomic E-state index is 0.0680. The van der Waals surface area contributed by atoms with E-state index in [-0.39, 0.29) is 25.1 Å². The fraction of sp³-hybridized carbons (Fsp3) is 0.357. The van der Waals surface area contributed by atoms with Gasteiger partial charge < -0.3 is 10.0 Å². The Morgan fingerprint density at radius 1 is 1.35 bits per heavy atom. The zero-order valence-electron chi connectivity index (χ0n) is 10.9. The summed E-state index contributed by atoms with van der Waals surface area (Å²) in [6.45, 7) is 2.05. The van der Waals surface area contributed by atoms with E-state index in [1.165, 1.54) is 6.07 Å². The number of nitrogens with zero attached hydrogens (tertiary/aromatic N) is 1. The van der Waals surface area contributed by atoms with Crippen molar-refractivity contribution in [2.24, 2.45) is 0 Å². The standard InChI is InChI=1S/C14H14F3NO2/c1-9-2-3-11(13(19)20)12(8-9)18-6-4-10(5-7-18)14(15,16)17/h2-4,8H,5-7H2,1H3,(H,19,20). The number of hydrogen-bond donors (Lipinski definition) is 1. The van der Waals surface area contributed by atoms with Crippen LogP contribution in [0, 0.1) is 6.92 Å². The fourth-order valence-corrected chi connectivity index (χ4v) is 2.23. The maximum Gasteiger partial charge on any atom is 0.412 e. The van der Waals surface area contributed by atoms with E-state index in [2.05, 4.69) is 0 Å². The van der Waals surface area contributed by atoms with E-state index in [0.29, 0.717) is 5.69 Å². The number of aromatic carboxylic acids is 1. The first-order chi connectivity index (χ1) is 9.29. The van der Waals surface area contributed by atoms with Gasteiger partial charge in [-0.3, -0.25) is 0 Å². The molecule has 0 unspecified atom stereocenters. The molecule has 1 aromatic carbocycles. The van der Waals surface area contributed by atoms with Gasteiger partial charge in [-0.25, -0.2) is 4.79 Å². The maximum absolute atomic E-state index is 12.6. The zero-order chi connectivity index (χ0) is 14.9. The molecule has 0 saturated heterocycles. The zero-order valence-corrected chi connectivity index (χ0v) is 10.9. The number of alkyl halides is 3. The third kappa shape index (κ3) is 2.95. The lowest BCUT2D eigenvalue weighted by atomic mass is 10.0. The van der Waals surface area contributed by atoms with Gasteiger partial charge in [-0.2, -0.15) is 13.2 Å². The van der Waals surface area contributed by atoms with Crippen LogP contribution in [-0.2, 0) is 0 Å². The Bertz CT molecular complexity index is 564. The summed E-state index contributed by atoms with van der Waals surface area (Å²) in [5.74, 6) is -1.08. The average molecular weight is 285 g/mol. The molecule has 6 heteroatoms. The van der Waals surface area contributed by atoms with Crippen LogP contribution in [0.15, 0.2) is 29.8 Å². The molecule has 0 spiro atoms. The van der Waals surface area contributed by atoms with Gasteiger partial charge in [0, 0.05) is 18.7 Å². The number of carboxylic acids is 1. The number of halogens is 3. The summed E-state index contributed by atoms with van der Waals surface area (Å²) in [6, 6.07) is 4.85. The van der Waals surface area contributed by atoms with Gasteiger partial charge in [0.25, 0.3) is 0 Å². The van der Waals surface area contributed by atoms with Gasteiger partial charge in [0.1, 0.15) is 0 Å². The van der Waals surface area contributed by atoms with Crippen molar-refractivity contribution in [3.05, 3.63) is 41.0 Å². The van der Waals surface area contributed by atoms with Crippen molar-refractivity contribution in [1.82, 2.24) is 0 Å². The van der Waals surface area contributed by atoms with Gasteiger partial charge in [-0.1, -0.05) is 12.1 Å². The van der Waals surface area contributed by atoms with Crippen LogP contribution in [0.4, 0.5) is 18.9 Å². The van der Waals surface area contributed by atoms with E-state index in [0.717, 1.165) is 11.6 Å². The van der Waals surface area contributed by atoms with Crippen molar-refractivity contribution in [3.63, 3.8) is 0 Å². The predicted molar refractivity (Wildman–Crippen MR) is 69.1 cm³/mol. The Morgan fingerprint density at radius 3 is 2.55 bits per heavy atom. The normalized spacial score (nSPS) is 16.0. The van der Waals surface area contributed by atoms with Crippen molar-refractivity contribution in [2.45, 2.75) is 19.5 Å². The number of aryl methyl sites for hydroxylation is 1. The summed E-state index contributed by atoms with van der Waals surface area (Å²) in [7, 11) is 0. The molecule has 108 valence electrons. The second-order valence-electron chi connectivity index (χ2n) is 4.75. The Balaban J connectivity index is 2.29. The lowest BCUT2D eigenvalue weighted by Crippen LogP contribution is -2.33. The van der Waals surface area contributed by atoms with E-state index in [4.69, 9.17) is 5.11 Å². The first kappa shape index (κ1) is 14.4. The minimum Gasteiger partial charge on any atom is -0.478 e. The Morgan fingerprint density at radius 2 is 2.05 bits per heavy atom. The van der Waals surface area contributed by atoms with Gasteiger partial charge >= 0.3 is 12.1 Å². The molecule has 0 aromatic heterocycles. The smallest absolute Gasteiger partial charge is 0.412 e. The molecule has 0 amide bonds. The first-order valence-electron chi connectivity index (χ1n) is 6.14. The van der Waals surface area contributed by atoms with Crippen molar-refractivity contribution in [3.8, 4) is 0 Å². The maximum atomic E-state index is 12.6. The van der Waals surface area contributed by atoms with E-state index >= 15 is 0 Å². The van der Waals surface area contributed by atoms with Crippen LogP contribution in [0.2, 0.25) is 0 Å². The number of carbonyl (C=O) groups is 1. The molecule has 1 aliphatic heterocycles. The van der Waals surface area contributed by atoms with E-state index in [1.54, 1.807) is 17.0 Å². The number of benzene rings is 1. The fourth-order valence-electron chi connectivity index (χ4n) is 2.23. The average Bonchev–Trinajstić information content (AvgIpc) is 2.37. The number of rotatable bonds is 2. The van der Waals surface area contributed by atoms with Crippen molar-refractivity contribution >= 4 is 11.7 Å². The molecular formula is C14H14F3NO2. The molecule has 1 heterocycles. The van der Waals surface area contributed by atoms with E-state index in [1.807, 2.05) is 6.92 Å². The van der Waals surface area contributed by atoms with Crippen LogP contribution < -0.4 is 4.90 Å². The Labute approximate surface area is 114 Å².